The lowest BCUT2D eigenvalue weighted by Crippen LogP contribution is -2.17. The van der Waals surface area contributed by atoms with Crippen molar-refractivity contribution in [1.82, 2.24) is 14.5 Å². The van der Waals surface area contributed by atoms with E-state index in [0.717, 1.165) is 21.9 Å². The zero-order valence-electron chi connectivity index (χ0n) is 17.2. The van der Waals surface area contributed by atoms with Crippen molar-refractivity contribution in [1.29, 1.82) is 0 Å². The Labute approximate surface area is 178 Å². The Morgan fingerprint density at radius 2 is 1.27 bits per heavy atom. The van der Waals surface area contributed by atoms with Crippen LogP contribution in [0.15, 0.2) is 72.8 Å². The van der Waals surface area contributed by atoms with Crippen LogP contribution in [0.5, 0.6) is 0 Å². The molecule has 0 saturated carbocycles. The van der Waals surface area contributed by atoms with Crippen molar-refractivity contribution in [2.24, 2.45) is 0 Å². The molecule has 0 radical (unpaired) electrons. The topological polar surface area (TPSA) is 30.7 Å². The van der Waals surface area contributed by atoms with Crippen molar-refractivity contribution < 1.29 is 0 Å². The Morgan fingerprint density at radius 3 is 1.90 bits per heavy atom. The Kier molecular flexibility index (Phi) is 3.60. The van der Waals surface area contributed by atoms with Gasteiger partial charge in [-0.05, 0) is 18.2 Å². The van der Waals surface area contributed by atoms with Crippen LogP contribution in [-0.4, -0.2) is 14.5 Å². The van der Waals surface area contributed by atoms with Crippen LogP contribution in [0.3, 0.4) is 0 Å². The predicted molar refractivity (Wildman–Crippen MR) is 128 cm³/mol. The maximum Gasteiger partial charge on any atom is 0.159 e. The van der Waals surface area contributed by atoms with Gasteiger partial charge in [0.2, 0.25) is 0 Å². The van der Waals surface area contributed by atoms with E-state index in [1.54, 1.807) is 11.3 Å². The molecule has 146 valence electrons. The van der Waals surface area contributed by atoms with Gasteiger partial charge in [-0.3, -0.25) is 4.57 Å². The van der Waals surface area contributed by atoms with Crippen LogP contribution in [-0.2, 0) is 5.41 Å². The van der Waals surface area contributed by atoms with Gasteiger partial charge in [0.1, 0.15) is 5.82 Å². The summed E-state index contributed by atoms with van der Waals surface area (Å²) in [5.41, 5.74) is 3.25. The zero-order valence-corrected chi connectivity index (χ0v) is 18.0. The van der Waals surface area contributed by atoms with E-state index in [9.17, 15) is 0 Å². The van der Waals surface area contributed by atoms with Crippen LogP contribution >= 0.6 is 11.3 Å². The van der Waals surface area contributed by atoms with Gasteiger partial charge in [0.15, 0.2) is 5.82 Å². The van der Waals surface area contributed by atoms with Gasteiger partial charge in [0.25, 0.3) is 0 Å². The highest BCUT2D eigenvalue weighted by Crippen LogP contribution is 2.40. The molecule has 0 aliphatic carbocycles. The van der Waals surface area contributed by atoms with E-state index in [2.05, 4.69) is 98.1 Å². The molecule has 4 heteroatoms. The van der Waals surface area contributed by atoms with Crippen molar-refractivity contribution >= 4 is 53.4 Å². The fourth-order valence-corrected chi connectivity index (χ4v) is 5.34. The predicted octanol–water partition coefficient (Wildman–Crippen LogP) is 7.24. The molecule has 6 rings (SSSR count). The zero-order chi connectivity index (χ0) is 20.5. The minimum Gasteiger partial charge on any atom is -0.292 e. The summed E-state index contributed by atoms with van der Waals surface area (Å²) in [6, 6.07) is 25.7. The maximum absolute atomic E-state index is 5.17. The minimum atomic E-state index is -0.148. The Morgan fingerprint density at radius 1 is 0.700 bits per heavy atom. The first kappa shape index (κ1) is 17.6. The molecular formula is C26H21N3S. The fraction of sp³-hybridized carbons (Fsp3) is 0.154. The number of para-hydroxylation sites is 2. The van der Waals surface area contributed by atoms with E-state index >= 15 is 0 Å². The highest BCUT2D eigenvalue weighted by atomic mass is 32.1. The molecule has 0 bridgehead atoms. The van der Waals surface area contributed by atoms with Crippen LogP contribution < -0.4 is 0 Å². The first-order valence-electron chi connectivity index (χ1n) is 10.2. The van der Waals surface area contributed by atoms with Gasteiger partial charge in [-0.25, -0.2) is 9.97 Å². The first-order chi connectivity index (χ1) is 14.5. The highest BCUT2D eigenvalue weighted by molar-refractivity contribution is 7.26. The summed E-state index contributed by atoms with van der Waals surface area (Å²) in [4.78, 5) is 10.2. The number of hydrogen-bond donors (Lipinski definition) is 0. The molecule has 3 nitrogen and oxygen atoms in total. The lowest BCUT2D eigenvalue weighted by atomic mass is 9.95. The van der Waals surface area contributed by atoms with Crippen LogP contribution in [0, 0.1) is 0 Å². The van der Waals surface area contributed by atoms with Crippen LogP contribution in [0.25, 0.3) is 47.9 Å². The molecule has 6 aromatic rings. The molecule has 0 unspecified atom stereocenters. The van der Waals surface area contributed by atoms with Crippen LogP contribution in [0.2, 0.25) is 0 Å². The molecule has 3 aromatic carbocycles. The standard InChI is InChI=1S/C26H21N3S/c1-26(2,3)25-27-22-18-12-6-9-15-21(18)30-23(22)24(28-25)29-19-13-7-4-10-16(19)17-11-5-8-14-20(17)29/h4-15H,1-3H3. The number of hydrogen-bond acceptors (Lipinski definition) is 3. The molecule has 0 N–H and O–H groups in total. The number of nitrogens with zero attached hydrogens (tertiary/aromatic N) is 3. The normalized spacial score (nSPS) is 12.5. The second-order valence-electron chi connectivity index (χ2n) is 8.77. The second-order valence-corrected chi connectivity index (χ2v) is 9.82. The highest BCUT2D eigenvalue weighted by Gasteiger charge is 2.24. The largest absolute Gasteiger partial charge is 0.292 e. The molecule has 0 aliphatic heterocycles. The van der Waals surface area contributed by atoms with Crippen LogP contribution in [0.1, 0.15) is 26.6 Å². The summed E-state index contributed by atoms with van der Waals surface area (Å²) in [5, 5.41) is 3.70. The molecule has 0 fully saturated rings. The maximum atomic E-state index is 5.17. The molecule has 3 aromatic heterocycles. The van der Waals surface area contributed by atoms with Gasteiger partial charge in [0.05, 0.1) is 21.3 Å². The van der Waals surface area contributed by atoms with E-state index in [0.29, 0.717) is 0 Å². The van der Waals surface area contributed by atoms with Crippen LogP contribution in [0.4, 0.5) is 0 Å². The van der Waals surface area contributed by atoms with E-state index < -0.39 is 0 Å². The van der Waals surface area contributed by atoms with Gasteiger partial charge in [-0.2, -0.15) is 0 Å². The number of thiophene rings is 1. The Balaban J connectivity index is 1.85. The van der Waals surface area contributed by atoms with E-state index in [-0.39, 0.29) is 5.41 Å². The number of fused-ring (bicyclic) bond motifs is 6. The molecule has 0 spiro atoms. The summed E-state index contributed by atoms with van der Waals surface area (Å²) >= 11 is 1.78. The van der Waals surface area contributed by atoms with Crippen molar-refractivity contribution in [3.8, 4) is 5.82 Å². The molecule has 30 heavy (non-hydrogen) atoms. The number of benzene rings is 3. The minimum absolute atomic E-state index is 0.148. The van der Waals surface area contributed by atoms with E-state index in [1.807, 2.05) is 0 Å². The number of rotatable bonds is 1. The van der Waals surface area contributed by atoms with Crippen molar-refractivity contribution in [3.05, 3.63) is 78.6 Å². The molecule has 3 heterocycles. The van der Waals surface area contributed by atoms with Gasteiger partial charge in [0, 0.05) is 26.3 Å². The third kappa shape index (κ3) is 2.44. The van der Waals surface area contributed by atoms with Crippen molar-refractivity contribution in [3.63, 3.8) is 0 Å². The smallest absolute Gasteiger partial charge is 0.159 e. The fourth-order valence-electron chi connectivity index (χ4n) is 4.21. The SMILES string of the molecule is CC(C)(C)c1nc(-n2c3ccccc3c3ccccc32)c2sc3ccccc3c2n1. The third-order valence-electron chi connectivity index (χ3n) is 5.66. The van der Waals surface area contributed by atoms with Gasteiger partial charge in [-0.15, -0.1) is 11.3 Å². The van der Waals surface area contributed by atoms with Crippen molar-refractivity contribution in [2.45, 2.75) is 26.2 Å². The third-order valence-corrected chi connectivity index (χ3v) is 6.82. The monoisotopic (exact) mass is 407 g/mol. The quantitative estimate of drug-likeness (QED) is 0.288. The van der Waals surface area contributed by atoms with Gasteiger partial charge in [-0.1, -0.05) is 75.4 Å². The molecular weight excluding hydrogens is 386 g/mol. The van der Waals surface area contributed by atoms with Crippen molar-refractivity contribution in [2.75, 3.05) is 0 Å². The van der Waals surface area contributed by atoms with Gasteiger partial charge < -0.3 is 0 Å². The molecule has 0 atom stereocenters. The summed E-state index contributed by atoms with van der Waals surface area (Å²) in [6.45, 7) is 6.54. The summed E-state index contributed by atoms with van der Waals surface area (Å²) in [5.74, 6) is 1.85. The lowest BCUT2D eigenvalue weighted by Gasteiger charge is -2.18. The average Bonchev–Trinajstić information content (AvgIpc) is 3.28. The van der Waals surface area contributed by atoms with E-state index in [1.165, 1.54) is 31.9 Å². The molecule has 0 saturated heterocycles. The lowest BCUT2D eigenvalue weighted by molar-refractivity contribution is 0.547. The summed E-state index contributed by atoms with van der Waals surface area (Å²) < 4.78 is 4.70. The first-order valence-corrected chi connectivity index (χ1v) is 11.0. The van der Waals surface area contributed by atoms with E-state index in [4.69, 9.17) is 9.97 Å². The molecule has 0 amide bonds. The average molecular weight is 408 g/mol. The second kappa shape index (κ2) is 6.13. The molecule has 0 aliphatic rings. The summed E-state index contributed by atoms with van der Waals surface area (Å²) in [6.07, 6.45) is 0. The number of aromatic nitrogens is 3. The Bertz CT molecular complexity index is 1530. The summed E-state index contributed by atoms with van der Waals surface area (Å²) in [7, 11) is 0. The Hall–Kier alpha value is -3.24. The van der Waals surface area contributed by atoms with Gasteiger partial charge >= 0.3 is 0 Å².